The molecule has 1 saturated heterocycles. The van der Waals surface area contributed by atoms with E-state index in [-0.39, 0.29) is 40.5 Å². The van der Waals surface area contributed by atoms with E-state index in [0.717, 1.165) is 12.8 Å². The largest absolute Gasteiger partial charge is 0.393 e. The van der Waals surface area contributed by atoms with Gasteiger partial charge in [-0.1, -0.05) is 121 Å². The fourth-order valence-electron chi connectivity index (χ4n) is 6.33. The van der Waals surface area contributed by atoms with Gasteiger partial charge in [0.2, 0.25) is 0 Å². The number of carbonyl (C=O) groups is 2. The predicted octanol–water partition coefficient (Wildman–Crippen LogP) is 9.25. The van der Waals surface area contributed by atoms with Gasteiger partial charge in [0.25, 0.3) is 0 Å². The molecule has 3 nitrogen and oxygen atoms in total. The first kappa shape index (κ1) is 31.9. The zero-order chi connectivity index (χ0) is 27.4. The van der Waals surface area contributed by atoms with Crippen molar-refractivity contribution in [3.63, 3.8) is 0 Å². The second-order valence-electron chi connectivity index (χ2n) is 14.2. The maximum atomic E-state index is 12.0. The highest BCUT2D eigenvalue weighted by molar-refractivity contribution is 5.94. The number of esters is 2. The summed E-state index contributed by atoms with van der Waals surface area (Å²) in [6.45, 7) is 31.1. The van der Waals surface area contributed by atoms with E-state index in [4.69, 9.17) is 4.74 Å². The van der Waals surface area contributed by atoms with Gasteiger partial charge in [0.15, 0.2) is 0 Å². The Kier molecular flexibility index (Phi) is 10.9. The molecule has 35 heavy (non-hydrogen) atoms. The van der Waals surface area contributed by atoms with Crippen molar-refractivity contribution >= 4 is 11.9 Å². The molecule has 0 saturated carbocycles. The molecule has 5 atom stereocenters. The summed E-state index contributed by atoms with van der Waals surface area (Å²) in [4.78, 5) is 23.5. The zero-order valence-corrected chi connectivity index (χ0v) is 25.5. The van der Waals surface area contributed by atoms with Crippen LogP contribution in [0.3, 0.4) is 0 Å². The van der Waals surface area contributed by atoms with Crippen molar-refractivity contribution in [1.82, 2.24) is 0 Å². The van der Waals surface area contributed by atoms with Gasteiger partial charge in [0.1, 0.15) is 0 Å². The van der Waals surface area contributed by atoms with E-state index in [1.807, 2.05) is 6.92 Å². The zero-order valence-electron chi connectivity index (χ0n) is 25.5. The van der Waals surface area contributed by atoms with Crippen LogP contribution >= 0.6 is 0 Å². The maximum Gasteiger partial charge on any atom is 0.317 e. The predicted molar refractivity (Wildman–Crippen MR) is 149 cm³/mol. The Labute approximate surface area is 218 Å². The lowest BCUT2D eigenvalue weighted by Gasteiger charge is -2.55. The molecule has 1 rings (SSSR count). The summed E-state index contributed by atoms with van der Waals surface area (Å²) in [7, 11) is 0. The molecule has 1 fully saturated rings. The summed E-state index contributed by atoms with van der Waals surface area (Å²) in [5, 5.41) is 0. The molecule has 0 aliphatic carbocycles. The lowest BCUT2D eigenvalue weighted by atomic mass is 9.50. The minimum atomic E-state index is -0.393. The number of ether oxygens (including phenoxy) is 1. The van der Waals surface area contributed by atoms with Gasteiger partial charge in [0, 0.05) is 0 Å². The van der Waals surface area contributed by atoms with E-state index in [1.54, 1.807) is 0 Å². The molecule has 3 heteroatoms. The molecule has 0 aromatic rings. The van der Waals surface area contributed by atoms with Crippen molar-refractivity contribution in [3.05, 3.63) is 12.2 Å². The quantitative estimate of drug-likeness (QED) is 0.138. The van der Waals surface area contributed by atoms with E-state index in [0.29, 0.717) is 23.2 Å². The number of hydrogen-bond donors (Lipinski definition) is 0. The van der Waals surface area contributed by atoms with Crippen LogP contribution in [-0.4, -0.2) is 11.9 Å². The van der Waals surface area contributed by atoms with Crippen LogP contribution < -0.4 is 0 Å². The molecule has 0 bridgehead atoms. The lowest BCUT2D eigenvalue weighted by molar-refractivity contribution is -0.153. The molecule has 0 aromatic carbocycles. The lowest BCUT2D eigenvalue weighted by Crippen LogP contribution is -2.48. The van der Waals surface area contributed by atoms with Gasteiger partial charge in [-0.15, -0.1) is 0 Å². The van der Waals surface area contributed by atoms with Crippen molar-refractivity contribution in [1.29, 1.82) is 0 Å². The molecular weight excluding hydrogens is 432 g/mol. The minimum Gasteiger partial charge on any atom is -0.393 e. The average molecular weight is 491 g/mol. The molecule has 0 spiro atoms. The normalized spacial score (nSPS) is 21.8. The first-order valence-corrected chi connectivity index (χ1v) is 14.3. The van der Waals surface area contributed by atoms with E-state index in [9.17, 15) is 9.59 Å². The summed E-state index contributed by atoms with van der Waals surface area (Å²) >= 11 is 0. The van der Waals surface area contributed by atoms with E-state index < -0.39 is 5.97 Å². The van der Waals surface area contributed by atoms with Gasteiger partial charge in [-0.3, -0.25) is 9.59 Å². The van der Waals surface area contributed by atoms with Gasteiger partial charge in [0.05, 0.1) is 12.3 Å². The molecule has 0 N–H and O–H groups in total. The fourth-order valence-corrected chi connectivity index (χ4v) is 6.33. The van der Waals surface area contributed by atoms with Crippen molar-refractivity contribution in [2.45, 2.75) is 129 Å². The van der Waals surface area contributed by atoms with Gasteiger partial charge in [-0.2, -0.15) is 0 Å². The highest BCUT2D eigenvalue weighted by Crippen LogP contribution is 2.57. The molecule has 1 heterocycles. The van der Waals surface area contributed by atoms with Crippen LogP contribution in [0.4, 0.5) is 0 Å². The Morgan fingerprint density at radius 3 is 1.94 bits per heavy atom. The molecule has 204 valence electrons. The van der Waals surface area contributed by atoms with Crippen LogP contribution in [0.5, 0.6) is 0 Å². The minimum absolute atomic E-state index is 0.00368. The second-order valence-corrected chi connectivity index (χ2v) is 14.2. The third-order valence-electron chi connectivity index (χ3n) is 10.6. The Morgan fingerprint density at radius 1 is 0.914 bits per heavy atom. The molecule has 1 aliphatic rings. The Hall–Kier alpha value is -1.12. The first-order chi connectivity index (χ1) is 15.8. The van der Waals surface area contributed by atoms with Crippen molar-refractivity contribution < 1.29 is 14.3 Å². The number of carbonyl (C=O) groups excluding carboxylic acids is 2. The van der Waals surface area contributed by atoms with Crippen molar-refractivity contribution in [3.8, 4) is 0 Å². The second kappa shape index (κ2) is 12.0. The Balaban J connectivity index is 3.04. The molecule has 0 amide bonds. The third-order valence-corrected chi connectivity index (χ3v) is 10.6. The van der Waals surface area contributed by atoms with E-state index in [1.165, 1.54) is 19.3 Å². The van der Waals surface area contributed by atoms with Crippen LogP contribution in [-0.2, 0) is 14.3 Å². The van der Waals surface area contributed by atoms with E-state index in [2.05, 4.69) is 95.2 Å². The standard InChI is InChI=1S/C32H58O3/c1-14-16-18-30(8,9)23(4)24(5)31(10,11)32(12,13)25(15-2)21-29(6,7)19-17-22(3)26-20-27(33)35-28(26)34/h17,19,22-26H,14-16,18,20-21H2,1-13H3/b19-17+. The molecule has 5 unspecified atom stereocenters. The number of rotatable bonds is 14. The van der Waals surface area contributed by atoms with Gasteiger partial charge >= 0.3 is 11.9 Å². The number of unbranched alkanes of at least 4 members (excludes halogenated alkanes) is 1. The summed E-state index contributed by atoms with van der Waals surface area (Å²) in [5.74, 6) is 0.708. The first-order valence-electron chi connectivity index (χ1n) is 14.3. The van der Waals surface area contributed by atoms with Crippen molar-refractivity contribution in [2.75, 3.05) is 0 Å². The maximum absolute atomic E-state index is 12.0. The highest BCUT2D eigenvalue weighted by atomic mass is 16.6. The monoisotopic (exact) mass is 490 g/mol. The fraction of sp³-hybridized carbons (Fsp3) is 0.875. The van der Waals surface area contributed by atoms with Crippen LogP contribution in [0.2, 0.25) is 0 Å². The van der Waals surface area contributed by atoms with Gasteiger partial charge in [-0.25, -0.2) is 0 Å². The van der Waals surface area contributed by atoms with Crippen LogP contribution in [0.25, 0.3) is 0 Å². The van der Waals surface area contributed by atoms with Gasteiger partial charge in [-0.05, 0) is 58.2 Å². The average Bonchev–Trinajstić information content (AvgIpc) is 3.10. The SMILES string of the molecule is CCCCC(C)(C)C(C)C(C)C(C)(C)C(C)(C)C(CC)CC(C)(C)/C=C/C(C)C1CC(=O)OC1=O. The number of hydrogen-bond acceptors (Lipinski definition) is 3. The van der Waals surface area contributed by atoms with Crippen LogP contribution in [0, 0.1) is 51.2 Å². The third kappa shape index (κ3) is 7.68. The summed E-state index contributed by atoms with van der Waals surface area (Å²) in [6, 6.07) is 0. The Bertz CT molecular complexity index is 740. The molecule has 1 aliphatic heterocycles. The highest BCUT2D eigenvalue weighted by Gasteiger charge is 2.49. The number of cyclic esters (lactones) is 2. The topological polar surface area (TPSA) is 43.4 Å². The smallest absolute Gasteiger partial charge is 0.317 e. The van der Waals surface area contributed by atoms with Crippen LogP contribution in [0.1, 0.15) is 129 Å². The molecule has 0 aromatic heterocycles. The van der Waals surface area contributed by atoms with Crippen LogP contribution in [0.15, 0.2) is 12.2 Å². The summed E-state index contributed by atoms with van der Waals surface area (Å²) in [6.07, 6.45) is 10.7. The molecular formula is C32H58O3. The van der Waals surface area contributed by atoms with Gasteiger partial charge < -0.3 is 4.74 Å². The molecule has 0 radical (unpaired) electrons. The van der Waals surface area contributed by atoms with E-state index >= 15 is 0 Å². The Morgan fingerprint density at radius 2 is 1.49 bits per heavy atom. The summed E-state index contributed by atoms with van der Waals surface area (Å²) in [5.41, 5.74) is 0.682. The van der Waals surface area contributed by atoms with Crippen molar-refractivity contribution in [2.24, 2.45) is 51.2 Å². The number of allylic oxidation sites excluding steroid dienone is 2. The summed E-state index contributed by atoms with van der Waals surface area (Å²) < 4.78 is 4.77.